The van der Waals surface area contributed by atoms with Crippen LogP contribution in [-0.2, 0) is 4.74 Å². The predicted octanol–water partition coefficient (Wildman–Crippen LogP) is 4.47. The van der Waals surface area contributed by atoms with Gasteiger partial charge in [-0.25, -0.2) is 4.98 Å². The molecule has 5 nitrogen and oxygen atoms in total. The molecule has 1 saturated heterocycles. The number of anilines is 1. The fourth-order valence-corrected chi connectivity index (χ4v) is 5.02. The van der Waals surface area contributed by atoms with Crippen molar-refractivity contribution in [3.8, 4) is 10.6 Å². The van der Waals surface area contributed by atoms with Gasteiger partial charge in [0.1, 0.15) is 10.7 Å². The maximum Gasteiger partial charge on any atom is 0.256 e. The number of amides is 1. The second-order valence-electron chi connectivity index (χ2n) is 6.04. The fourth-order valence-electron chi connectivity index (χ4n) is 2.77. The van der Waals surface area contributed by atoms with Gasteiger partial charge in [-0.3, -0.25) is 4.79 Å². The first kappa shape index (κ1) is 19.5. The summed E-state index contributed by atoms with van der Waals surface area (Å²) >= 11 is 14.6. The van der Waals surface area contributed by atoms with E-state index in [1.54, 1.807) is 35.6 Å². The van der Waals surface area contributed by atoms with Crippen LogP contribution in [0.2, 0.25) is 5.02 Å². The fraction of sp³-hybridized carbons (Fsp3) is 0.211. The number of halogens is 1. The summed E-state index contributed by atoms with van der Waals surface area (Å²) in [4.78, 5) is 21.8. The topological polar surface area (TPSA) is 54.5 Å². The van der Waals surface area contributed by atoms with Crippen LogP contribution in [0.15, 0.2) is 41.8 Å². The van der Waals surface area contributed by atoms with E-state index in [2.05, 4.69) is 10.2 Å². The maximum absolute atomic E-state index is 12.6. The number of nitrogens with zero attached hydrogens (tertiary/aromatic N) is 2. The molecule has 144 valence electrons. The van der Waals surface area contributed by atoms with Gasteiger partial charge in [-0.05, 0) is 35.7 Å². The molecule has 28 heavy (non-hydrogen) atoms. The third-order valence-corrected chi connectivity index (χ3v) is 6.89. The summed E-state index contributed by atoms with van der Waals surface area (Å²) in [6.07, 6.45) is 0. The highest BCUT2D eigenvalue weighted by Gasteiger charge is 2.23. The molecule has 1 amide bonds. The van der Waals surface area contributed by atoms with Crippen LogP contribution in [-0.4, -0.2) is 42.2 Å². The van der Waals surface area contributed by atoms with Crippen molar-refractivity contribution in [3.63, 3.8) is 0 Å². The molecule has 0 spiro atoms. The zero-order valence-corrected chi connectivity index (χ0v) is 17.9. The minimum absolute atomic E-state index is 0.264. The molecule has 1 fully saturated rings. The number of morpholine rings is 1. The molecule has 0 radical (unpaired) electrons. The quantitative estimate of drug-likeness (QED) is 0.595. The third-order valence-electron chi connectivity index (χ3n) is 4.19. The van der Waals surface area contributed by atoms with Crippen molar-refractivity contribution in [2.75, 3.05) is 31.2 Å². The molecule has 0 saturated carbocycles. The minimum atomic E-state index is -0.264. The summed E-state index contributed by atoms with van der Waals surface area (Å²) in [5.74, 6) is -0.264. The summed E-state index contributed by atoms with van der Waals surface area (Å²) in [6.45, 7) is 2.95. The molecule has 1 aliphatic rings. The van der Waals surface area contributed by atoms with Gasteiger partial charge in [0.25, 0.3) is 5.91 Å². The number of hydrogen-bond donors (Lipinski definition) is 1. The molecule has 0 unspecified atom stereocenters. The molecule has 0 bridgehead atoms. The third kappa shape index (κ3) is 4.26. The number of thiophene rings is 1. The average molecular weight is 450 g/mol. The summed E-state index contributed by atoms with van der Waals surface area (Å²) < 4.78 is 5.43. The lowest BCUT2D eigenvalue weighted by atomic mass is 10.2. The van der Waals surface area contributed by atoms with E-state index < -0.39 is 0 Å². The number of hydrogen-bond acceptors (Lipinski definition) is 7. The van der Waals surface area contributed by atoms with Gasteiger partial charge in [0.2, 0.25) is 0 Å². The van der Waals surface area contributed by atoms with Crippen LogP contribution < -0.4 is 10.2 Å². The SMILES string of the molecule is O=C(NC(=S)c1sc(N2CCOCC2)nc1-c1cccs1)c1ccc(Cl)cc1. The van der Waals surface area contributed by atoms with Crippen molar-refractivity contribution >= 4 is 62.5 Å². The first-order chi connectivity index (χ1) is 13.6. The molecule has 9 heteroatoms. The highest BCUT2D eigenvalue weighted by Crippen LogP contribution is 2.36. The number of rotatable bonds is 4. The predicted molar refractivity (Wildman–Crippen MR) is 119 cm³/mol. The van der Waals surface area contributed by atoms with E-state index in [-0.39, 0.29) is 5.91 Å². The largest absolute Gasteiger partial charge is 0.378 e. The Bertz CT molecular complexity index is 981. The summed E-state index contributed by atoms with van der Waals surface area (Å²) in [7, 11) is 0. The highest BCUT2D eigenvalue weighted by molar-refractivity contribution is 7.81. The van der Waals surface area contributed by atoms with Crippen molar-refractivity contribution in [3.05, 3.63) is 57.2 Å². The van der Waals surface area contributed by atoms with Gasteiger partial charge < -0.3 is 15.0 Å². The number of carbonyl (C=O) groups excluding carboxylic acids is 1. The van der Waals surface area contributed by atoms with E-state index in [0.717, 1.165) is 33.7 Å². The number of nitrogens with one attached hydrogen (secondary N) is 1. The normalized spacial score (nSPS) is 14.1. The van der Waals surface area contributed by atoms with E-state index in [4.69, 9.17) is 33.5 Å². The van der Waals surface area contributed by atoms with E-state index in [1.807, 2.05) is 17.5 Å². The van der Waals surface area contributed by atoms with Crippen molar-refractivity contribution in [1.29, 1.82) is 0 Å². The number of thiazole rings is 1. The molecule has 4 rings (SSSR count). The van der Waals surface area contributed by atoms with E-state index in [9.17, 15) is 4.79 Å². The second kappa shape index (κ2) is 8.67. The monoisotopic (exact) mass is 449 g/mol. The van der Waals surface area contributed by atoms with Crippen molar-refractivity contribution in [2.45, 2.75) is 0 Å². The van der Waals surface area contributed by atoms with Gasteiger partial charge in [-0.15, -0.1) is 11.3 Å². The second-order valence-corrected chi connectivity index (χ2v) is 8.81. The van der Waals surface area contributed by atoms with E-state index in [1.165, 1.54) is 11.3 Å². The first-order valence-electron chi connectivity index (χ1n) is 8.60. The Kier molecular flexibility index (Phi) is 6.03. The molecule has 2 aromatic heterocycles. The molecule has 0 aliphatic carbocycles. The van der Waals surface area contributed by atoms with Crippen LogP contribution >= 0.6 is 46.5 Å². The Morgan fingerprint density at radius 1 is 1.21 bits per heavy atom. The summed E-state index contributed by atoms with van der Waals surface area (Å²) in [5, 5.41) is 6.31. The van der Waals surface area contributed by atoms with Crippen LogP contribution in [0.1, 0.15) is 15.2 Å². The lowest BCUT2D eigenvalue weighted by molar-refractivity contribution is 0.0978. The Balaban J connectivity index is 1.61. The van der Waals surface area contributed by atoms with E-state index in [0.29, 0.717) is 28.8 Å². The molecular formula is C19H16ClN3O2S3. The first-order valence-corrected chi connectivity index (χ1v) is 11.1. The summed E-state index contributed by atoms with van der Waals surface area (Å²) in [6, 6.07) is 10.7. The lowest BCUT2D eigenvalue weighted by Crippen LogP contribution is -2.36. The molecular weight excluding hydrogens is 434 g/mol. The zero-order chi connectivity index (χ0) is 19.5. The maximum atomic E-state index is 12.6. The van der Waals surface area contributed by atoms with E-state index >= 15 is 0 Å². The van der Waals surface area contributed by atoms with Crippen molar-refractivity contribution in [2.24, 2.45) is 0 Å². The number of thiocarbonyl (C=S) groups is 1. The van der Waals surface area contributed by atoms with Crippen molar-refractivity contribution < 1.29 is 9.53 Å². The lowest BCUT2D eigenvalue weighted by Gasteiger charge is -2.26. The molecule has 0 atom stereocenters. The van der Waals surface area contributed by atoms with Crippen molar-refractivity contribution in [1.82, 2.24) is 10.3 Å². The van der Waals surface area contributed by atoms with Crippen LogP contribution in [0, 0.1) is 0 Å². The van der Waals surface area contributed by atoms with Gasteiger partial charge in [-0.1, -0.05) is 41.2 Å². The standard InChI is InChI=1S/C19H16ClN3O2S3/c20-13-5-3-12(4-6-13)17(24)22-18(26)16-15(14-2-1-11-27-14)21-19(28-16)23-7-9-25-10-8-23/h1-6,11H,7-10H2,(H,22,24,26). The van der Waals surface area contributed by atoms with Crippen LogP contribution in [0.25, 0.3) is 10.6 Å². The molecule has 3 heterocycles. The Morgan fingerprint density at radius 3 is 2.64 bits per heavy atom. The minimum Gasteiger partial charge on any atom is -0.378 e. The Labute approximate surface area is 180 Å². The highest BCUT2D eigenvalue weighted by atomic mass is 35.5. The van der Waals surface area contributed by atoms with Crippen LogP contribution in [0.3, 0.4) is 0 Å². The number of benzene rings is 1. The van der Waals surface area contributed by atoms with Gasteiger partial charge >= 0.3 is 0 Å². The number of carbonyl (C=O) groups is 1. The van der Waals surface area contributed by atoms with Crippen LogP contribution in [0.5, 0.6) is 0 Å². The van der Waals surface area contributed by atoms with Gasteiger partial charge in [-0.2, -0.15) is 0 Å². The summed E-state index contributed by atoms with van der Waals surface area (Å²) in [5.41, 5.74) is 1.31. The molecule has 1 aromatic carbocycles. The molecule has 1 aliphatic heterocycles. The Hall–Kier alpha value is -1.84. The average Bonchev–Trinajstić information content (AvgIpc) is 3.39. The zero-order valence-electron chi connectivity index (χ0n) is 14.7. The Morgan fingerprint density at radius 2 is 1.96 bits per heavy atom. The number of aromatic nitrogens is 1. The van der Waals surface area contributed by atoms with Gasteiger partial charge in [0.05, 0.1) is 23.0 Å². The number of ether oxygens (including phenoxy) is 1. The molecule has 1 N–H and O–H groups in total. The van der Waals surface area contributed by atoms with Gasteiger partial charge in [0, 0.05) is 23.7 Å². The smallest absolute Gasteiger partial charge is 0.256 e. The molecule has 3 aromatic rings. The van der Waals surface area contributed by atoms with Gasteiger partial charge in [0.15, 0.2) is 5.13 Å². The van der Waals surface area contributed by atoms with Crippen LogP contribution in [0.4, 0.5) is 5.13 Å².